The molecule has 0 aromatic carbocycles. The number of rotatable bonds is 49. The molecule has 0 aromatic heterocycles. The van der Waals surface area contributed by atoms with E-state index in [4.69, 9.17) is 0 Å². The first kappa shape index (κ1) is 59.5. The van der Waals surface area contributed by atoms with Crippen LogP contribution in [0.5, 0.6) is 0 Å². The lowest BCUT2D eigenvalue weighted by Gasteiger charge is -2.27. The summed E-state index contributed by atoms with van der Waals surface area (Å²) in [6.45, 7) is 3.96. The van der Waals surface area contributed by atoms with Gasteiger partial charge in [-0.1, -0.05) is 249 Å². The minimum atomic E-state index is -1.28. The van der Waals surface area contributed by atoms with Gasteiger partial charge in [0.25, 0.3) is 0 Å². The van der Waals surface area contributed by atoms with E-state index in [-0.39, 0.29) is 0 Å². The molecule has 1 amide bonds. The summed E-state index contributed by atoms with van der Waals surface area (Å²) < 4.78 is 0. The van der Waals surface area contributed by atoms with Gasteiger partial charge in [0, 0.05) is 0 Å². The van der Waals surface area contributed by atoms with Crippen molar-refractivity contribution in [3.63, 3.8) is 0 Å². The minimum Gasteiger partial charge on any atom is -0.394 e. The Morgan fingerprint density at radius 2 is 0.738 bits per heavy atom. The van der Waals surface area contributed by atoms with Crippen LogP contribution in [0.2, 0.25) is 0 Å². The average molecular weight is 860 g/mol. The van der Waals surface area contributed by atoms with Gasteiger partial charge in [0.05, 0.1) is 18.8 Å². The smallest absolute Gasteiger partial charge is 0.249 e. The Balaban J connectivity index is 3.48. The van der Waals surface area contributed by atoms with Crippen molar-refractivity contribution < 1.29 is 25.2 Å². The van der Waals surface area contributed by atoms with Crippen molar-refractivity contribution in [2.75, 3.05) is 6.61 Å². The second-order valence-electron chi connectivity index (χ2n) is 18.6. The van der Waals surface area contributed by atoms with Gasteiger partial charge in [-0.05, 0) is 64.2 Å². The Kier molecular flexibility index (Phi) is 48.3. The molecule has 4 unspecified atom stereocenters. The molecule has 0 saturated heterocycles. The molecule has 6 heteroatoms. The van der Waals surface area contributed by atoms with Crippen LogP contribution in [0.3, 0.4) is 0 Å². The number of aliphatic hydroxyl groups excluding tert-OH is 4. The number of hydrogen-bond acceptors (Lipinski definition) is 5. The van der Waals surface area contributed by atoms with E-state index >= 15 is 0 Å². The second-order valence-corrected chi connectivity index (χ2v) is 18.6. The first-order valence-electron chi connectivity index (χ1n) is 26.9. The van der Waals surface area contributed by atoms with Gasteiger partial charge in [0.15, 0.2) is 0 Å². The van der Waals surface area contributed by atoms with Crippen molar-refractivity contribution in [3.05, 3.63) is 36.5 Å². The van der Waals surface area contributed by atoms with Crippen molar-refractivity contribution in [2.45, 2.75) is 301 Å². The van der Waals surface area contributed by atoms with E-state index in [1.165, 1.54) is 199 Å². The van der Waals surface area contributed by atoms with Crippen molar-refractivity contribution >= 4 is 5.91 Å². The normalized spacial score (nSPS) is 14.1. The summed E-state index contributed by atoms with van der Waals surface area (Å²) in [7, 11) is 0. The van der Waals surface area contributed by atoms with E-state index in [0.717, 1.165) is 44.9 Å². The third-order valence-electron chi connectivity index (χ3n) is 12.6. The highest BCUT2D eigenvalue weighted by Gasteiger charge is 2.28. The maximum Gasteiger partial charge on any atom is 0.249 e. The number of allylic oxidation sites excluding steroid dienone is 6. The van der Waals surface area contributed by atoms with E-state index in [1.54, 1.807) is 0 Å². The average Bonchev–Trinajstić information content (AvgIpc) is 3.26. The third-order valence-corrected chi connectivity index (χ3v) is 12.6. The van der Waals surface area contributed by atoms with Crippen LogP contribution in [0.4, 0.5) is 0 Å². The van der Waals surface area contributed by atoms with Crippen LogP contribution in [0.15, 0.2) is 36.5 Å². The highest BCUT2D eigenvalue weighted by atomic mass is 16.3. The van der Waals surface area contributed by atoms with Crippen LogP contribution in [-0.2, 0) is 4.79 Å². The predicted octanol–water partition coefficient (Wildman–Crippen LogP) is 15.2. The predicted molar refractivity (Wildman–Crippen MR) is 265 cm³/mol. The Bertz CT molecular complexity index is 966. The van der Waals surface area contributed by atoms with Crippen molar-refractivity contribution in [1.82, 2.24) is 5.32 Å². The summed E-state index contributed by atoms with van der Waals surface area (Å²) in [5.74, 6) is -0.596. The standard InChI is InChI=1S/C55H105NO5/c1-3-5-7-9-11-12-13-14-15-16-17-18-19-20-21-22-23-24-25-26-27-28-29-30-31-32-33-34-35-36-37-38-39-40-41-43-45-47-49-53(59)55(61)56-51(50-57)54(60)52(58)48-46-44-42-10-8-6-4-2/h10,23-24,26-27,42,51-54,57-60H,3-9,11-22,25,28-41,43-50H2,1-2H3,(H,56,61)/b24-23-,27-26-,42-10+. The molecule has 4 atom stereocenters. The molecule has 0 saturated carbocycles. The lowest BCUT2D eigenvalue weighted by Crippen LogP contribution is -2.53. The first-order valence-corrected chi connectivity index (χ1v) is 26.9. The molecule has 0 aliphatic rings. The quantitative estimate of drug-likeness (QED) is 0.0309. The maximum absolute atomic E-state index is 12.5. The fourth-order valence-electron chi connectivity index (χ4n) is 8.31. The summed E-state index contributed by atoms with van der Waals surface area (Å²) in [4.78, 5) is 12.5. The van der Waals surface area contributed by atoms with Gasteiger partial charge in [-0.25, -0.2) is 0 Å². The number of nitrogens with one attached hydrogen (secondary N) is 1. The molecular formula is C55H105NO5. The van der Waals surface area contributed by atoms with Gasteiger partial charge in [-0.15, -0.1) is 0 Å². The molecule has 0 spiro atoms. The van der Waals surface area contributed by atoms with Gasteiger partial charge in [0.2, 0.25) is 5.91 Å². The number of carbonyl (C=O) groups excluding carboxylic acids is 1. The van der Waals surface area contributed by atoms with Crippen LogP contribution in [0.25, 0.3) is 0 Å². The number of unbranched alkanes of at least 4 members (excludes halogenated alkanes) is 34. The molecule has 0 aliphatic carbocycles. The van der Waals surface area contributed by atoms with Crippen LogP contribution < -0.4 is 5.32 Å². The van der Waals surface area contributed by atoms with E-state index in [1.807, 2.05) is 0 Å². The van der Waals surface area contributed by atoms with Crippen LogP contribution in [-0.4, -0.2) is 57.3 Å². The van der Waals surface area contributed by atoms with Crippen LogP contribution in [0, 0.1) is 0 Å². The summed E-state index contributed by atoms with van der Waals surface area (Å²) in [6.07, 6.45) is 61.3. The van der Waals surface area contributed by atoms with Crippen molar-refractivity contribution in [1.29, 1.82) is 0 Å². The van der Waals surface area contributed by atoms with Crippen LogP contribution >= 0.6 is 0 Å². The molecule has 0 fully saturated rings. The number of carbonyl (C=O) groups is 1. The Morgan fingerprint density at radius 3 is 1.13 bits per heavy atom. The SMILES string of the molecule is CCCC/C=C/CCCC(O)C(O)C(CO)NC(=O)C(O)CCCCCCCCCCCCCCCCCC/C=C\C/C=C\CCCCCCCCCCCCCCCCC. The highest BCUT2D eigenvalue weighted by Crippen LogP contribution is 2.17. The third kappa shape index (κ3) is 43.6. The minimum absolute atomic E-state index is 0.363. The maximum atomic E-state index is 12.5. The molecule has 61 heavy (non-hydrogen) atoms. The zero-order valence-corrected chi connectivity index (χ0v) is 40.7. The molecule has 0 rings (SSSR count). The Hall–Kier alpha value is -1.47. The summed E-state index contributed by atoms with van der Waals surface area (Å²) in [6, 6.07) is -0.999. The zero-order chi connectivity index (χ0) is 44.5. The van der Waals surface area contributed by atoms with E-state index in [0.29, 0.717) is 19.3 Å². The van der Waals surface area contributed by atoms with Gasteiger partial charge in [-0.2, -0.15) is 0 Å². The lowest BCUT2D eigenvalue weighted by atomic mass is 10.00. The monoisotopic (exact) mass is 860 g/mol. The molecule has 0 radical (unpaired) electrons. The van der Waals surface area contributed by atoms with E-state index < -0.39 is 36.9 Å². The second kappa shape index (κ2) is 49.5. The van der Waals surface area contributed by atoms with Crippen molar-refractivity contribution in [2.24, 2.45) is 0 Å². The van der Waals surface area contributed by atoms with E-state index in [9.17, 15) is 25.2 Å². The van der Waals surface area contributed by atoms with Crippen molar-refractivity contribution in [3.8, 4) is 0 Å². The topological polar surface area (TPSA) is 110 Å². The van der Waals surface area contributed by atoms with Gasteiger partial charge in [0.1, 0.15) is 12.2 Å². The summed E-state index contributed by atoms with van der Waals surface area (Å²) >= 11 is 0. The Labute approximate surface area is 379 Å². The molecule has 0 aliphatic heterocycles. The fourth-order valence-corrected chi connectivity index (χ4v) is 8.31. The molecule has 0 heterocycles. The summed E-state index contributed by atoms with van der Waals surface area (Å²) in [5, 5.41) is 43.4. The van der Waals surface area contributed by atoms with Gasteiger partial charge in [-0.3, -0.25) is 4.79 Å². The lowest BCUT2D eigenvalue weighted by molar-refractivity contribution is -0.132. The highest BCUT2D eigenvalue weighted by molar-refractivity contribution is 5.80. The molecule has 5 N–H and O–H groups in total. The number of hydrogen-bond donors (Lipinski definition) is 5. The Morgan fingerprint density at radius 1 is 0.410 bits per heavy atom. The molecule has 0 aromatic rings. The van der Waals surface area contributed by atoms with Crippen LogP contribution in [0.1, 0.15) is 277 Å². The molecule has 360 valence electrons. The fraction of sp³-hybridized carbons (Fsp3) is 0.873. The van der Waals surface area contributed by atoms with E-state index in [2.05, 4.69) is 55.6 Å². The zero-order valence-electron chi connectivity index (χ0n) is 40.7. The molecule has 6 nitrogen and oxygen atoms in total. The molecular weight excluding hydrogens is 755 g/mol. The summed E-state index contributed by atoms with van der Waals surface area (Å²) in [5.41, 5.74) is 0. The van der Waals surface area contributed by atoms with Gasteiger partial charge < -0.3 is 25.7 Å². The van der Waals surface area contributed by atoms with Gasteiger partial charge >= 0.3 is 0 Å². The number of amides is 1. The number of aliphatic hydroxyl groups is 4. The molecule has 0 bridgehead atoms. The first-order chi connectivity index (χ1) is 30.0. The largest absolute Gasteiger partial charge is 0.394 e.